The van der Waals surface area contributed by atoms with Gasteiger partial charge in [0.15, 0.2) is 0 Å². The summed E-state index contributed by atoms with van der Waals surface area (Å²) in [7, 11) is 0. The molecule has 1 aromatic carbocycles. The van der Waals surface area contributed by atoms with Crippen molar-refractivity contribution in [3.63, 3.8) is 0 Å². The van der Waals surface area contributed by atoms with Crippen LogP contribution >= 0.6 is 0 Å². The molecule has 2 heterocycles. The van der Waals surface area contributed by atoms with Crippen molar-refractivity contribution in [3.05, 3.63) is 63.6 Å². The van der Waals surface area contributed by atoms with E-state index in [-0.39, 0.29) is 23.2 Å². The standard InChI is InChI=1S/C21H21F3N4O.C2H6/c1-12-26-16-9-17(29)28(21(2)7-4-8-21)11-15(16)20(27-12)25-10-13-5-3-6-14(18(13)22)19(23)24;1-2/h3,5-6,9,11,19H,4,7-8,10H2,1-2H3,(H,25,26,27);1-2H3. The van der Waals surface area contributed by atoms with Crippen LogP contribution < -0.4 is 10.9 Å². The predicted molar refractivity (Wildman–Crippen MR) is 116 cm³/mol. The lowest BCUT2D eigenvalue weighted by atomic mass is 9.78. The molecule has 0 aliphatic heterocycles. The van der Waals surface area contributed by atoms with Gasteiger partial charge in [-0.3, -0.25) is 4.79 Å². The van der Waals surface area contributed by atoms with Crippen LogP contribution in [0.5, 0.6) is 0 Å². The Morgan fingerprint density at radius 1 is 1.23 bits per heavy atom. The van der Waals surface area contributed by atoms with Crippen LogP contribution in [0.4, 0.5) is 19.0 Å². The molecule has 0 saturated heterocycles. The molecule has 0 amide bonds. The van der Waals surface area contributed by atoms with Crippen LogP contribution in [0.1, 0.15) is 63.4 Å². The minimum atomic E-state index is -2.88. The van der Waals surface area contributed by atoms with Gasteiger partial charge >= 0.3 is 0 Å². The van der Waals surface area contributed by atoms with E-state index in [0.717, 1.165) is 25.3 Å². The highest BCUT2D eigenvalue weighted by Gasteiger charge is 2.34. The lowest BCUT2D eigenvalue weighted by Crippen LogP contribution is -2.43. The highest BCUT2D eigenvalue weighted by molar-refractivity contribution is 5.88. The van der Waals surface area contributed by atoms with Crippen molar-refractivity contribution in [3.8, 4) is 0 Å². The first-order valence-corrected chi connectivity index (χ1v) is 10.5. The SMILES string of the molecule is CC.Cc1nc(NCc2cccc(C(F)F)c2F)c2cn(C3(C)CCC3)c(=O)cc2n1. The van der Waals surface area contributed by atoms with Gasteiger partial charge in [-0.25, -0.2) is 23.1 Å². The van der Waals surface area contributed by atoms with E-state index in [1.807, 2.05) is 20.8 Å². The fourth-order valence-corrected chi connectivity index (χ4v) is 3.79. The lowest BCUT2D eigenvalue weighted by molar-refractivity contribution is 0.146. The van der Waals surface area contributed by atoms with Crippen LogP contribution in [0, 0.1) is 12.7 Å². The number of alkyl halides is 2. The molecule has 2 aromatic heterocycles. The minimum Gasteiger partial charge on any atom is -0.365 e. The Bertz CT molecular complexity index is 1140. The predicted octanol–water partition coefficient (Wildman–Crippen LogP) is 5.71. The molecule has 1 aliphatic rings. The van der Waals surface area contributed by atoms with Crippen LogP contribution in [0.2, 0.25) is 0 Å². The molecule has 1 saturated carbocycles. The first kappa shape index (κ1) is 22.8. The second-order valence-electron chi connectivity index (χ2n) is 7.73. The summed E-state index contributed by atoms with van der Waals surface area (Å²) in [5.41, 5.74) is -0.373. The number of aryl methyl sites for hydroxylation is 1. The van der Waals surface area contributed by atoms with Gasteiger partial charge < -0.3 is 9.88 Å². The van der Waals surface area contributed by atoms with Crippen molar-refractivity contribution in [2.24, 2.45) is 0 Å². The largest absolute Gasteiger partial charge is 0.365 e. The van der Waals surface area contributed by atoms with Crippen LogP contribution in [-0.2, 0) is 12.1 Å². The van der Waals surface area contributed by atoms with E-state index in [1.165, 1.54) is 18.2 Å². The van der Waals surface area contributed by atoms with Gasteiger partial charge in [0.05, 0.1) is 16.5 Å². The summed E-state index contributed by atoms with van der Waals surface area (Å²) < 4.78 is 42.0. The normalized spacial score (nSPS) is 14.7. The van der Waals surface area contributed by atoms with Gasteiger partial charge in [0.2, 0.25) is 0 Å². The lowest BCUT2D eigenvalue weighted by Gasteiger charge is -2.40. The number of hydrogen-bond donors (Lipinski definition) is 1. The molecule has 31 heavy (non-hydrogen) atoms. The molecule has 4 rings (SSSR count). The van der Waals surface area contributed by atoms with Crippen molar-refractivity contribution < 1.29 is 13.2 Å². The quantitative estimate of drug-likeness (QED) is 0.561. The number of nitrogens with zero attached hydrogens (tertiary/aromatic N) is 3. The molecule has 1 aliphatic carbocycles. The number of fused-ring (bicyclic) bond motifs is 1. The third kappa shape index (κ3) is 4.43. The molecule has 1 N–H and O–H groups in total. The number of nitrogens with one attached hydrogen (secondary N) is 1. The van der Waals surface area contributed by atoms with Gasteiger partial charge in [0.1, 0.15) is 17.5 Å². The first-order valence-electron chi connectivity index (χ1n) is 10.5. The van der Waals surface area contributed by atoms with Gasteiger partial charge in [-0.15, -0.1) is 0 Å². The Hall–Kier alpha value is -2.90. The average Bonchev–Trinajstić information content (AvgIpc) is 2.71. The van der Waals surface area contributed by atoms with E-state index in [4.69, 9.17) is 0 Å². The minimum absolute atomic E-state index is 0.0195. The molecular weight excluding hydrogens is 405 g/mol. The van der Waals surface area contributed by atoms with Crippen LogP contribution in [0.15, 0.2) is 35.3 Å². The molecular formula is C23H27F3N4O. The zero-order valence-electron chi connectivity index (χ0n) is 18.2. The molecule has 0 atom stereocenters. The summed E-state index contributed by atoms with van der Waals surface area (Å²) in [6.07, 6.45) is 1.76. The van der Waals surface area contributed by atoms with E-state index in [9.17, 15) is 18.0 Å². The maximum atomic E-state index is 14.3. The molecule has 8 heteroatoms. The Labute approximate surface area is 179 Å². The van der Waals surface area contributed by atoms with Gasteiger partial charge in [-0.1, -0.05) is 32.0 Å². The summed E-state index contributed by atoms with van der Waals surface area (Å²) in [6.45, 7) is 7.72. The van der Waals surface area contributed by atoms with E-state index < -0.39 is 17.8 Å². The summed E-state index contributed by atoms with van der Waals surface area (Å²) >= 11 is 0. The van der Waals surface area contributed by atoms with Crippen molar-refractivity contribution in [2.75, 3.05) is 5.32 Å². The number of benzene rings is 1. The van der Waals surface area contributed by atoms with E-state index in [0.29, 0.717) is 22.5 Å². The van der Waals surface area contributed by atoms with Crippen molar-refractivity contribution in [1.82, 2.24) is 14.5 Å². The Kier molecular flexibility index (Phi) is 6.67. The average molecular weight is 432 g/mol. The summed E-state index contributed by atoms with van der Waals surface area (Å²) in [5, 5.41) is 3.67. The van der Waals surface area contributed by atoms with Crippen molar-refractivity contribution in [1.29, 1.82) is 0 Å². The Balaban J connectivity index is 0.00000132. The van der Waals surface area contributed by atoms with Crippen molar-refractivity contribution in [2.45, 2.75) is 65.5 Å². The fourth-order valence-electron chi connectivity index (χ4n) is 3.79. The third-order valence-corrected chi connectivity index (χ3v) is 5.65. The number of pyridine rings is 1. The zero-order valence-corrected chi connectivity index (χ0v) is 18.2. The summed E-state index contributed by atoms with van der Waals surface area (Å²) in [4.78, 5) is 21.3. The molecule has 166 valence electrons. The van der Waals surface area contributed by atoms with Gasteiger partial charge in [0.25, 0.3) is 12.0 Å². The van der Waals surface area contributed by atoms with Gasteiger partial charge in [-0.05, 0) is 33.1 Å². The molecule has 0 radical (unpaired) electrons. The monoisotopic (exact) mass is 432 g/mol. The van der Waals surface area contributed by atoms with Gasteiger partial charge in [-0.2, -0.15) is 0 Å². The van der Waals surface area contributed by atoms with E-state index in [1.54, 1.807) is 17.7 Å². The Morgan fingerprint density at radius 2 is 1.94 bits per heavy atom. The highest BCUT2D eigenvalue weighted by atomic mass is 19.3. The molecule has 0 spiro atoms. The topological polar surface area (TPSA) is 59.8 Å². The summed E-state index contributed by atoms with van der Waals surface area (Å²) in [5.74, 6) is -0.0381. The Morgan fingerprint density at radius 3 is 2.55 bits per heavy atom. The van der Waals surface area contributed by atoms with E-state index >= 15 is 0 Å². The first-order chi connectivity index (χ1) is 14.8. The zero-order chi connectivity index (χ0) is 22.8. The smallest absolute Gasteiger partial charge is 0.266 e. The highest BCUT2D eigenvalue weighted by Crippen LogP contribution is 2.38. The number of rotatable bonds is 5. The van der Waals surface area contributed by atoms with Crippen LogP contribution in [0.25, 0.3) is 10.9 Å². The second-order valence-corrected chi connectivity index (χ2v) is 7.73. The van der Waals surface area contributed by atoms with E-state index in [2.05, 4.69) is 15.3 Å². The van der Waals surface area contributed by atoms with Gasteiger partial charge in [0, 0.05) is 29.9 Å². The molecule has 1 fully saturated rings. The molecule has 5 nitrogen and oxygen atoms in total. The van der Waals surface area contributed by atoms with Crippen molar-refractivity contribution >= 4 is 16.7 Å². The third-order valence-electron chi connectivity index (χ3n) is 5.65. The number of halogens is 3. The fraction of sp³-hybridized carbons (Fsp3) is 0.435. The molecule has 0 bridgehead atoms. The maximum absolute atomic E-state index is 14.3. The maximum Gasteiger partial charge on any atom is 0.266 e. The molecule has 3 aromatic rings. The van der Waals surface area contributed by atoms with Crippen LogP contribution in [-0.4, -0.2) is 14.5 Å². The second kappa shape index (κ2) is 9.08. The molecule has 0 unspecified atom stereocenters. The summed E-state index contributed by atoms with van der Waals surface area (Å²) in [6, 6.07) is 5.41. The number of anilines is 1. The number of hydrogen-bond acceptors (Lipinski definition) is 4. The number of aromatic nitrogens is 3. The van der Waals surface area contributed by atoms with Crippen LogP contribution in [0.3, 0.4) is 0 Å².